The zero-order chi connectivity index (χ0) is 15.5. The van der Waals surface area contributed by atoms with Gasteiger partial charge in [-0.1, -0.05) is 0 Å². The lowest BCUT2D eigenvalue weighted by molar-refractivity contribution is 0.0191. The molecule has 21 heavy (non-hydrogen) atoms. The maximum atomic E-state index is 12.1. The molecule has 7 heteroatoms. The average molecular weight is 317 g/mol. The molecule has 2 fully saturated rings. The molecule has 0 aromatic heterocycles. The fraction of sp³-hybridized carbons (Fsp3) is 0.929. The molecule has 0 bridgehead atoms. The van der Waals surface area contributed by atoms with Gasteiger partial charge in [0.15, 0.2) is 15.8 Å². The number of nitrogens with zero attached hydrogens (tertiary/aromatic N) is 2. The van der Waals surface area contributed by atoms with E-state index in [0.29, 0.717) is 13.1 Å². The van der Waals surface area contributed by atoms with E-state index in [1.807, 2.05) is 4.90 Å². The maximum absolute atomic E-state index is 12.1. The molecule has 1 N–H and O–H groups in total. The summed E-state index contributed by atoms with van der Waals surface area (Å²) >= 11 is 0. The molecule has 2 heterocycles. The minimum absolute atomic E-state index is 0.181. The Labute approximate surface area is 127 Å². The van der Waals surface area contributed by atoms with E-state index >= 15 is 0 Å². The molecule has 0 spiro atoms. The highest BCUT2D eigenvalue weighted by Gasteiger charge is 2.41. The summed E-state index contributed by atoms with van der Waals surface area (Å²) in [5.41, 5.74) is 0. The third kappa shape index (κ3) is 3.88. The van der Waals surface area contributed by atoms with E-state index in [1.54, 1.807) is 20.9 Å². The summed E-state index contributed by atoms with van der Waals surface area (Å²) in [6.45, 7) is 6.10. The monoisotopic (exact) mass is 317 g/mol. The lowest BCUT2D eigenvalue weighted by Gasteiger charge is -2.39. The zero-order valence-electron chi connectivity index (χ0n) is 13.3. The summed E-state index contributed by atoms with van der Waals surface area (Å²) in [5, 5.41) is 3.33. The second-order valence-electron chi connectivity index (χ2n) is 6.42. The van der Waals surface area contributed by atoms with Crippen molar-refractivity contribution in [3.8, 4) is 0 Å². The van der Waals surface area contributed by atoms with Gasteiger partial charge >= 0.3 is 0 Å². The van der Waals surface area contributed by atoms with Crippen molar-refractivity contribution in [1.82, 2.24) is 10.2 Å². The largest absolute Gasteiger partial charge is 0.376 e. The van der Waals surface area contributed by atoms with E-state index in [-0.39, 0.29) is 11.9 Å². The SMILES string of the molecule is CN=C(NCC1CCCCO1)N1CCS(=O)(=O)C(C)(C)C1. The highest BCUT2D eigenvalue weighted by molar-refractivity contribution is 7.92. The van der Waals surface area contributed by atoms with Crippen molar-refractivity contribution in [2.45, 2.75) is 44.0 Å². The van der Waals surface area contributed by atoms with Crippen LogP contribution in [0.1, 0.15) is 33.1 Å². The van der Waals surface area contributed by atoms with E-state index in [0.717, 1.165) is 32.0 Å². The molecule has 0 aromatic rings. The third-order valence-corrected chi connectivity index (χ3v) is 6.85. The number of rotatable bonds is 2. The van der Waals surface area contributed by atoms with Crippen LogP contribution in [0.2, 0.25) is 0 Å². The molecule has 2 aliphatic heterocycles. The number of hydrogen-bond donors (Lipinski definition) is 1. The van der Waals surface area contributed by atoms with Crippen molar-refractivity contribution >= 4 is 15.8 Å². The summed E-state index contributed by atoms with van der Waals surface area (Å²) in [7, 11) is -1.28. The van der Waals surface area contributed by atoms with Crippen LogP contribution in [0.3, 0.4) is 0 Å². The van der Waals surface area contributed by atoms with E-state index in [2.05, 4.69) is 10.3 Å². The van der Waals surface area contributed by atoms with Crippen LogP contribution in [-0.2, 0) is 14.6 Å². The number of sulfone groups is 1. The predicted molar refractivity (Wildman–Crippen MR) is 84.4 cm³/mol. The van der Waals surface area contributed by atoms with Crippen molar-refractivity contribution in [2.24, 2.45) is 4.99 Å². The van der Waals surface area contributed by atoms with Crippen LogP contribution in [-0.4, -0.2) is 69.2 Å². The molecule has 6 nitrogen and oxygen atoms in total. The number of aliphatic imine (C=N–C) groups is 1. The van der Waals surface area contributed by atoms with Gasteiger partial charge < -0.3 is 15.0 Å². The molecular weight excluding hydrogens is 290 g/mol. The summed E-state index contributed by atoms with van der Waals surface area (Å²) < 4.78 is 29.1. The quantitative estimate of drug-likeness (QED) is 0.598. The fourth-order valence-corrected chi connectivity index (χ4v) is 4.20. The molecule has 2 rings (SSSR count). The number of nitrogens with one attached hydrogen (secondary N) is 1. The Morgan fingerprint density at radius 1 is 1.43 bits per heavy atom. The molecule has 0 aliphatic carbocycles. The second-order valence-corrected chi connectivity index (χ2v) is 9.16. The first-order valence-corrected chi connectivity index (χ1v) is 9.30. The summed E-state index contributed by atoms with van der Waals surface area (Å²) in [6, 6.07) is 0. The van der Waals surface area contributed by atoms with Crippen LogP contribution in [0.5, 0.6) is 0 Å². The van der Waals surface area contributed by atoms with Gasteiger partial charge in [-0.2, -0.15) is 0 Å². The molecule has 1 unspecified atom stereocenters. The average Bonchev–Trinajstić information content (AvgIpc) is 2.44. The van der Waals surface area contributed by atoms with Crippen LogP contribution >= 0.6 is 0 Å². The van der Waals surface area contributed by atoms with Crippen molar-refractivity contribution < 1.29 is 13.2 Å². The zero-order valence-corrected chi connectivity index (χ0v) is 14.1. The van der Waals surface area contributed by atoms with Crippen LogP contribution in [0.4, 0.5) is 0 Å². The molecule has 2 saturated heterocycles. The normalized spacial score (nSPS) is 29.2. The molecule has 0 amide bonds. The lowest BCUT2D eigenvalue weighted by atomic mass is 10.1. The smallest absolute Gasteiger partial charge is 0.193 e. The van der Waals surface area contributed by atoms with Crippen LogP contribution in [0, 0.1) is 0 Å². The maximum Gasteiger partial charge on any atom is 0.193 e. The Balaban J connectivity index is 1.92. The first-order chi connectivity index (χ1) is 9.86. The molecule has 2 aliphatic rings. The molecule has 0 saturated carbocycles. The molecule has 122 valence electrons. The predicted octanol–water partition coefficient (Wildman–Crippen LogP) is 0.640. The second kappa shape index (κ2) is 6.52. The summed E-state index contributed by atoms with van der Waals surface area (Å²) in [5.74, 6) is 0.952. The van der Waals surface area contributed by atoms with E-state index in [4.69, 9.17) is 4.74 Å². The van der Waals surface area contributed by atoms with Gasteiger partial charge in [0, 0.05) is 33.3 Å². The Morgan fingerprint density at radius 3 is 2.76 bits per heavy atom. The van der Waals surface area contributed by atoms with Crippen molar-refractivity contribution in [3.63, 3.8) is 0 Å². The first kappa shape index (κ1) is 16.5. The van der Waals surface area contributed by atoms with Crippen molar-refractivity contribution in [1.29, 1.82) is 0 Å². The molecule has 1 atom stereocenters. The van der Waals surface area contributed by atoms with Crippen molar-refractivity contribution in [3.05, 3.63) is 0 Å². The highest BCUT2D eigenvalue weighted by Crippen LogP contribution is 2.23. The van der Waals surface area contributed by atoms with E-state index < -0.39 is 14.6 Å². The number of hydrogen-bond acceptors (Lipinski definition) is 4. The van der Waals surface area contributed by atoms with Crippen LogP contribution in [0.15, 0.2) is 4.99 Å². The molecular formula is C14H27N3O3S. The summed E-state index contributed by atoms with van der Waals surface area (Å²) in [6.07, 6.45) is 3.66. The lowest BCUT2D eigenvalue weighted by Crippen LogP contribution is -2.57. The third-order valence-electron chi connectivity index (χ3n) is 4.32. The van der Waals surface area contributed by atoms with Crippen LogP contribution in [0.25, 0.3) is 0 Å². The fourth-order valence-electron chi connectivity index (χ4n) is 2.83. The Kier molecular flexibility index (Phi) is 5.14. The highest BCUT2D eigenvalue weighted by atomic mass is 32.2. The standard InChI is InChI=1S/C14H27N3O3S/c1-14(2)11-17(7-9-21(14,18)19)13(15-3)16-10-12-6-4-5-8-20-12/h12H,4-11H2,1-3H3,(H,15,16). The number of guanidine groups is 1. The minimum atomic E-state index is -3.02. The van der Waals surface area contributed by atoms with Gasteiger partial charge in [-0.05, 0) is 33.1 Å². The molecule has 0 radical (unpaired) electrons. The minimum Gasteiger partial charge on any atom is -0.376 e. The van der Waals surface area contributed by atoms with Gasteiger partial charge in [0.25, 0.3) is 0 Å². The Bertz CT molecular complexity index is 482. The van der Waals surface area contributed by atoms with E-state index in [1.165, 1.54) is 6.42 Å². The topological polar surface area (TPSA) is 71.0 Å². The molecule has 0 aromatic carbocycles. The number of ether oxygens (including phenoxy) is 1. The van der Waals surface area contributed by atoms with Crippen molar-refractivity contribution in [2.75, 3.05) is 39.0 Å². The van der Waals surface area contributed by atoms with Gasteiger partial charge in [-0.25, -0.2) is 8.42 Å². The van der Waals surface area contributed by atoms with Crippen LogP contribution < -0.4 is 5.32 Å². The first-order valence-electron chi connectivity index (χ1n) is 7.65. The van der Waals surface area contributed by atoms with Gasteiger partial charge in [-0.15, -0.1) is 0 Å². The Hall–Kier alpha value is -0.820. The van der Waals surface area contributed by atoms with Gasteiger partial charge in [0.05, 0.1) is 16.6 Å². The van der Waals surface area contributed by atoms with Gasteiger partial charge in [0.1, 0.15) is 0 Å². The van der Waals surface area contributed by atoms with Gasteiger partial charge in [0.2, 0.25) is 0 Å². The Morgan fingerprint density at radius 2 is 2.19 bits per heavy atom. The van der Waals surface area contributed by atoms with E-state index in [9.17, 15) is 8.42 Å². The van der Waals surface area contributed by atoms with Gasteiger partial charge in [-0.3, -0.25) is 4.99 Å². The summed E-state index contributed by atoms with van der Waals surface area (Å²) in [4.78, 5) is 6.32.